The lowest BCUT2D eigenvalue weighted by atomic mass is 10.1. The van der Waals surface area contributed by atoms with Crippen molar-refractivity contribution in [2.45, 2.75) is 6.92 Å². The molecule has 0 spiro atoms. The van der Waals surface area contributed by atoms with Crippen LogP contribution in [-0.2, 0) is 0 Å². The molecule has 17 heavy (non-hydrogen) atoms. The standard InChI is InChI=1S/C12H15NO4/c1-2-13(6-7-14)12(15)9-4-3-5-10-11(9)17-8-16-10/h3-5,14H,2,6-8H2,1H3. The van der Waals surface area contributed by atoms with Gasteiger partial charge in [0.2, 0.25) is 6.79 Å². The van der Waals surface area contributed by atoms with Crippen LogP contribution in [0.2, 0.25) is 0 Å². The van der Waals surface area contributed by atoms with Gasteiger partial charge >= 0.3 is 0 Å². The van der Waals surface area contributed by atoms with Gasteiger partial charge in [0.25, 0.3) is 5.91 Å². The predicted octanol–water partition coefficient (Wildman–Crippen LogP) is 0.870. The number of carbonyl (C=O) groups excluding carboxylic acids is 1. The highest BCUT2D eigenvalue weighted by molar-refractivity contribution is 5.98. The summed E-state index contributed by atoms with van der Waals surface area (Å²) >= 11 is 0. The molecule has 0 radical (unpaired) electrons. The lowest BCUT2D eigenvalue weighted by Gasteiger charge is -2.20. The number of aliphatic hydroxyl groups excluding tert-OH is 1. The van der Waals surface area contributed by atoms with Gasteiger partial charge in [0.1, 0.15) is 0 Å². The molecule has 1 aliphatic rings. The average Bonchev–Trinajstić information content (AvgIpc) is 2.83. The van der Waals surface area contributed by atoms with Crippen molar-refractivity contribution in [3.8, 4) is 11.5 Å². The van der Waals surface area contributed by atoms with E-state index in [2.05, 4.69) is 0 Å². The normalized spacial score (nSPS) is 12.6. The minimum atomic E-state index is -0.149. The van der Waals surface area contributed by atoms with Gasteiger partial charge in [-0.25, -0.2) is 0 Å². The van der Waals surface area contributed by atoms with E-state index in [9.17, 15) is 4.79 Å². The lowest BCUT2D eigenvalue weighted by molar-refractivity contribution is 0.0727. The number of hydrogen-bond donors (Lipinski definition) is 1. The summed E-state index contributed by atoms with van der Waals surface area (Å²) in [5.41, 5.74) is 0.482. The van der Waals surface area contributed by atoms with Crippen molar-refractivity contribution in [3.05, 3.63) is 23.8 Å². The second kappa shape index (κ2) is 5.05. The molecular formula is C12H15NO4. The molecule has 5 nitrogen and oxygen atoms in total. The molecule has 0 saturated heterocycles. The highest BCUT2D eigenvalue weighted by Gasteiger charge is 2.24. The Balaban J connectivity index is 2.28. The molecule has 1 amide bonds. The van der Waals surface area contributed by atoms with Gasteiger partial charge in [-0.15, -0.1) is 0 Å². The number of carbonyl (C=O) groups is 1. The summed E-state index contributed by atoms with van der Waals surface area (Å²) in [5, 5.41) is 8.91. The molecule has 2 rings (SSSR count). The van der Waals surface area contributed by atoms with Crippen molar-refractivity contribution in [1.29, 1.82) is 0 Å². The van der Waals surface area contributed by atoms with Crippen LogP contribution < -0.4 is 9.47 Å². The van der Waals surface area contributed by atoms with E-state index < -0.39 is 0 Å². The van der Waals surface area contributed by atoms with Gasteiger partial charge in [0.05, 0.1) is 12.2 Å². The number of para-hydroxylation sites is 1. The van der Waals surface area contributed by atoms with Crippen LogP contribution in [0.1, 0.15) is 17.3 Å². The van der Waals surface area contributed by atoms with Crippen molar-refractivity contribution in [2.24, 2.45) is 0 Å². The van der Waals surface area contributed by atoms with E-state index in [1.165, 1.54) is 0 Å². The first-order chi connectivity index (χ1) is 8.27. The Morgan fingerprint density at radius 2 is 2.29 bits per heavy atom. The van der Waals surface area contributed by atoms with E-state index in [1.807, 2.05) is 6.92 Å². The fourth-order valence-corrected chi connectivity index (χ4v) is 1.79. The van der Waals surface area contributed by atoms with Crippen molar-refractivity contribution >= 4 is 5.91 Å². The van der Waals surface area contributed by atoms with Crippen LogP contribution in [0.25, 0.3) is 0 Å². The summed E-state index contributed by atoms with van der Waals surface area (Å²) in [6.07, 6.45) is 0. The third kappa shape index (κ3) is 2.19. The molecular weight excluding hydrogens is 222 g/mol. The third-order valence-electron chi connectivity index (χ3n) is 2.67. The van der Waals surface area contributed by atoms with Crippen molar-refractivity contribution in [2.75, 3.05) is 26.5 Å². The predicted molar refractivity (Wildman–Crippen MR) is 61.2 cm³/mol. The molecule has 0 unspecified atom stereocenters. The van der Waals surface area contributed by atoms with E-state index in [1.54, 1.807) is 23.1 Å². The minimum Gasteiger partial charge on any atom is -0.454 e. The number of amides is 1. The second-order valence-electron chi connectivity index (χ2n) is 3.65. The van der Waals surface area contributed by atoms with Crippen molar-refractivity contribution < 1.29 is 19.4 Å². The molecule has 1 aromatic carbocycles. The number of ether oxygens (including phenoxy) is 2. The van der Waals surface area contributed by atoms with Crippen LogP contribution in [0.5, 0.6) is 11.5 Å². The summed E-state index contributed by atoms with van der Waals surface area (Å²) in [6, 6.07) is 5.23. The highest BCUT2D eigenvalue weighted by atomic mass is 16.7. The third-order valence-corrected chi connectivity index (χ3v) is 2.67. The minimum absolute atomic E-state index is 0.0496. The molecule has 1 heterocycles. The zero-order chi connectivity index (χ0) is 12.3. The Hall–Kier alpha value is -1.75. The first-order valence-corrected chi connectivity index (χ1v) is 5.56. The smallest absolute Gasteiger partial charge is 0.257 e. The Morgan fingerprint density at radius 1 is 1.47 bits per heavy atom. The van der Waals surface area contributed by atoms with Crippen molar-refractivity contribution in [3.63, 3.8) is 0 Å². The lowest BCUT2D eigenvalue weighted by Crippen LogP contribution is -2.33. The fourth-order valence-electron chi connectivity index (χ4n) is 1.79. The molecule has 0 aliphatic carbocycles. The summed E-state index contributed by atoms with van der Waals surface area (Å²) in [6.45, 7) is 2.83. The van der Waals surface area contributed by atoms with E-state index in [0.29, 0.717) is 30.2 Å². The molecule has 0 saturated carbocycles. The van der Waals surface area contributed by atoms with Crippen LogP contribution in [0.15, 0.2) is 18.2 Å². The number of likely N-dealkylation sites (N-methyl/N-ethyl adjacent to an activating group) is 1. The number of rotatable bonds is 4. The number of aliphatic hydroxyl groups is 1. The number of hydrogen-bond acceptors (Lipinski definition) is 4. The summed E-state index contributed by atoms with van der Waals surface area (Å²) in [7, 11) is 0. The molecule has 0 bridgehead atoms. The average molecular weight is 237 g/mol. The second-order valence-corrected chi connectivity index (χ2v) is 3.65. The van der Waals surface area contributed by atoms with Gasteiger partial charge in [-0.3, -0.25) is 4.79 Å². The highest BCUT2D eigenvalue weighted by Crippen LogP contribution is 2.35. The molecule has 5 heteroatoms. The Bertz CT molecular complexity index is 419. The molecule has 1 aliphatic heterocycles. The van der Waals surface area contributed by atoms with Gasteiger partial charge in [-0.2, -0.15) is 0 Å². The largest absolute Gasteiger partial charge is 0.454 e. The zero-order valence-corrected chi connectivity index (χ0v) is 9.68. The summed E-state index contributed by atoms with van der Waals surface area (Å²) in [4.78, 5) is 13.8. The molecule has 0 atom stereocenters. The van der Waals surface area contributed by atoms with Gasteiger partial charge in [0.15, 0.2) is 11.5 Å². The molecule has 1 N–H and O–H groups in total. The number of nitrogens with zero attached hydrogens (tertiary/aromatic N) is 1. The zero-order valence-electron chi connectivity index (χ0n) is 9.68. The first kappa shape index (κ1) is 11.7. The maximum absolute atomic E-state index is 12.2. The Labute approximate surface area is 99.6 Å². The molecule has 0 aromatic heterocycles. The van der Waals surface area contributed by atoms with Gasteiger partial charge in [-0.05, 0) is 19.1 Å². The maximum atomic E-state index is 12.2. The van der Waals surface area contributed by atoms with Crippen LogP contribution >= 0.6 is 0 Å². The molecule has 1 aromatic rings. The van der Waals surface area contributed by atoms with Crippen LogP contribution in [0.4, 0.5) is 0 Å². The molecule has 0 fully saturated rings. The van der Waals surface area contributed by atoms with Gasteiger partial charge in [-0.1, -0.05) is 6.07 Å². The van der Waals surface area contributed by atoms with E-state index in [-0.39, 0.29) is 19.3 Å². The number of fused-ring (bicyclic) bond motifs is 1. The maximum Gasteiger partial charge on any atom is 0.257 e. The van der Waals surface area contributed by atoms with Crippen LogP contribution in [0, 0.1) is 0 Å². The van der Waals surface area contributed by atoms with E-state index in [4.69, 9.17) is 14.6 Å². The summed E-state index contributed by atoms with van der Waals surface area (Å²) in [5.74, 6) is 0.939. The number of benzene rings is 1. The van der Waals surface area contributed by atoms with Gasteiger partial charge < -0.3 is 19.5 Å². The van der Waals surface area contributed by atoms with E-state index in [0.717, 1.165) is 0 Å². The fraction of sp³-hybridized carbons (Fsp3) is 0.417. The monoisotopic (exact) mass is 237 g/mol. The van der Waals surface area contributed by atoms with E-state index >= 15 is 0 Å². The SMILES string of the molecule is CCN(CCO)C(=O)c1cccc2c1OCO2. The van der Waals surface area contributed by atoms with Crippen LogP contribution in [0.3, 0.4) is 0 Å². The van der Waals surface area contributed by atoms with Crippen LogP contribution in [-0.4, -0.2) is 42.4 Å². The topological polar surface area (TPSA) is 59.0 Å². The molecule has 92 valence electrons. The quantitative estimate of drug-likeness (QED) is 0.844. The first-order valence-electron chi connectivity index (χ1n) is 5.56. The Morgan fingerprint density at radius 3 is 3.00 bits per heavy atom. The Kier molecular flexibility index (Phi) is 3.49. The summed E-state index contributed by atoms with van der Waals surface area (Å²) < 4.78 is 10.5. The van der Waals surface area contributed by atoms with Gasteiger partial charge in [0, 0.05) is 13.1 Å². The van der Waals surface area contributed by atoms with Crippen molar-refractivity contribution in [1.82, 2.24) is 4.90 Å².